The molecule has 30 heavy (non-hydrogen) atoms. The van der Waals surface area contributed by atoms with E-state index in [4.69, 9.17) is 16.3 Å². The summed E-state index contributed by atoms with van der Waals surface area (Å²) in [5.41, 5.74) is 2.30. The second-order valence-corrected chi connectivity index (χ2v) is 7.60. The molecular formula is C23H23ClN2O4. The van der Waals surface area contributed by atoms with Crippen molar-refractivity contribution in [3.63, 3.8) is 0 Å². The van der Waals surface area contributed by atoms with Crippen LogP contribution < -0.4 is 10.2 Å². The number of amides is 2. The third-order valence-corrected chi connectivity index (χ3v) is 5.00. The molecule has 0 unspecified atom stereocenters. The van der Waals surface area contributed by atoms with Gasteiger partial charge < -0.3 is 10.1 Å². The van der Waals surface area contributed by atoms with Crippen LogP contribution in [0.2, 0.25) is 0 Å². The summed E-state index contributed by atoms with van der Waals surface area (Å²) < 4.78 is 5.13. The van der Waals surface area contributed by atoms with E-state index in [1.165, 1.54) is 0 Å². The lowest BCUT2D eigenvalue weighted by atomic mass is 10.0. The minimum absolute atomic E-state index is 0.0336. The number of ether oxygens (including phenoxy) is 1. The Kier molecular flexibility index (Phi) is 6.57. The molecule has 0 saturated heterocycles. The summed E-state index contributed by atoms with van der Waals surface area (Å²) in [7, 11) is 0. The molecule has 7 heteroatoms. The number of hydrogen-bond acceptors (Lipinski definition) is 5. The van der Waals surface area contributed by atoms with Gasteiger partial charge >= 0.3 is 5.97 Å². The predicted octanol–water partition coefficient (Wildman–Crippen LogP) is 4.81. The summed E-state index contributed by atoms with van der Waals surface area (Å²) in [6.07, 6.45) is 0.719. The van der Waals surface area contributed by atoms with Crippen LogP contribution in [0.3, 0.4) is 0 Å². The van der Waals surface area contributed by atoms with E-state index in [0.717, 1.165) is 16.9 Å². The summed E-state index contributed by atoms with van der Waals surface area (Å²) in [6.45, 7) is 6.36. The number of hydrogen-bond donors (Lipinski definition) is 1. The Morgan fingerprint density at radius 2 is 1.80 bits per heavy atom. The van der Waals surface area contributed by atoms with Gasteiger partial charge in [0.05, 0.1) is 17.9 Å². The Bertz CT molecular complexity index is 1010. The Hall–Kier alpha value is -3.12. The largest absolute Gasteiger partial charge is 0.462 e. The minimum Gasteiger partial charge on any atom is -0.462 e. The Morgan fingerprint density at radius 3 is 2.43 bits per heavy atom. The van der Waals surface area contributed by atoms with E-state index in [2.05, 4.69) is 19.2 Å². The zero-order chi connectivity index (χ0) is 21.8. The average molecular weight is 427 g/mol. The van der Waals surface area contributed by atoms with Crippen LogP contribution in [0.4, 0.5) is 11.4 Å². The van der Waals surface area contributed by atoms with Crippen molar-refractivity contribution in [3.8, 4) is 0 Å². The standard InChI is InChI=1S/C23H23ClN2O4/c1-4-12-30-23(29)16-6-5-7-17(13-16)25-20-19(24)21(27)26(22(20)28)18-10-8-15(9-11-18)14(2)3/h5-11,13-14,25H,4,12H2,1-3H3. The van der Waals surface area contributed by atoms with Crippen molar-refractivity contribution < 1.29 is 19.1 Å². The first-order valence-corrected chi connectivity index (χ1v) is 10.1. The van der Waals surface area contributed by atoms with Crippen LogP contribution in [-0.2, 0) is 14.3 Å². The van der Waals surface area contributed by atoms with E-state index in [-0.39, 0.29) is 10.7 Å². The molecule has 0 fully saturated rings. The molecule has 6 nitrogen and oxygen atoms in total. The van der Waals surface area contributed by atoms with Gasteiger partial charge in [0.2, 0.25) is 0 Å². The van der Waals surface area contributed by atoms with E-state index in [1.54, 1.807) is 36.4 Å². The zero-order valence-electron chi connectivity index (χ0n) is 17.1. The second-order valence-electron chi connectivity index (χ2n) is 7.22. The first-order valence-electron chi connectivity index (χ1n) is 9.76. The average Bonchev–Trinajstić information content (AvgIpc) is 2.95. The van der Waals surface area contributed by atoms with Crippen LogP contribution in [0.15, 0.2) is 59.3 Å². The highest BCUT2D eigenvalue weighted by atomic mass is 35.5. The van der Waals surface area contributed by atoms with Crippen molar-refractivity contribution in [3.05, 3.63) is 70.4 Å². The number of carbonyl (C=O) groups excluding carboxylic acids is 3. The van der Waals surface area contributed by atoms with E-state index in [9.17, 15) is 14.4 Å². The molecule has 1 heterocycles. The molecule has 1 aliphatic heterocycles. The predicted molar refractivity (Wildman–Crippen MR) is 117 cm³/mol. The van der Waals surface area contributed by atoms with Gasteiger partial charge in [-0.2, -0.15) is 0 Å². The lowest BCUT2D eigenvalue weighted by molar-refractivity contribution is -0.120. The fraction of sp³-hybridized carbons (Fsp3) is 0.261. The summed E-state index contributed by atoms with van der Waals surface area (Å²) in [4.78, 5) is 38.7. The van der Waals surface area contributed by atoms with Crippen LogP contribution >= 0.6 is 11.6 Å². The first kappa shape index (κ1) is 21.6. The smallest absolute Gasteiger partial charge is 0.338 e. The lowest BCUT2D eigenvalue weighted by Gasteiger charge is -2.16. The first-order chi connectivity index (χ1) is 14.3. The minimum atomic E-state index is -0.597. The Balaban J connectivity index is 1.81. The summed E-state index contributed by atoms with van der Waals surface area (Å²) in [5, 5.41) is 2.68. The Morgan fingerprint density at radius 1 is 1.10 bits per heavy atom. The van der Waals surface area contributed by atoms with Gasteiger partial charge in [0.15, 0.2) is 0 Å². The third-order valence-electron chi connectivity index (χ3n) is 4.65. The third kappa shape index (κ3) is 4.39. The molecule has 1 N–H and O–H groups in total. The molecule has 0 bridgehead atoms. The number of nitrogens with one attached hydrogen (secondary N) is 1. The van der Waals surface area contributed by atoms with Crippen LogP contribution in [0, 0.1) is 0 Å². The van der Waals surface area contributed by atoms with Gasteiger partial charge in [-0.05, 0) is 48.2 Å². The molecule has 3 rings (SSSR count). The van der Waals surface area contributed by atoms with Gasteiger partial charge in [-0.1, -0.05) is 50.6 Å². The van der Waals surface area contributed by atoms with Gasteiger partial charge in [-0.25, -0.2) is 9.69 Å². The number of esters is 1. The number of anilines is 2. The second kappa shape index (κ2) is 9.13. The van der Waals surface area contributed by atoms with E-state index in [0.29, 0.717) is 29.5 Å². The molecule has 0 radical (unpaired) electrons. The fourth-order valence-corrected chi connectivity index (χ4v) is 3.21. The van der Waals surface area contributed by atoms with E-state index >= 15 is 0 Å². The van der Waals surface area contributed by atoms with Gasteiger partial charge in [0.25, 0.3) is 11.8 Å². The fourth-order valence-electron chi connectivity index (χ4n) is 3.00. The summed E-state index contributed by atoms with van der Waals surface area (Å²) >= 11 is 6.18. The molecule has 2 amide bonds. The SMILES string of the molecule is CCCOC(=O)c1cccc(NC2=C(Cl)C(=O)N(c3ccc(C(C)C)cc3)C2=O)c1. The van der Waals surface area contributed by atoms with Crippen molar-refractivity contribution in [1.82, 2.24) is 0 Å². The maximum absolute atomic E-state index is 12.9. The van der Waals surface area contributed by atoms with Crippen molar-refractivity contribution in [2.45, 2.75) is 33.1 Å². The monoisotopic (exact) mass is 426 g/mol. The van der Waals surface area contributed by atoms with Crippen molar-refractivity contribution in [2.24, 2.45) is 0 Å². The summed E-state index contributed by atoms with van der Waals surface area (Å²) in [6, 6.07) is 13.7. The molecule has 2 aromatic rings. The molecule has 1 aliphatic rings. The van der Waals surface area contributed by atoms with Crippen molar-refractivity contribution in [1.29, 1.82) is 0 Å². The van der Waals surface area contributed by atoms with Gasteiger partial charge in [-0.3, -0.25) is 9.59 Å². The highest BCUT2D eigenvalue weighted by Crippen LogP contribution is 2.31. The normalized spacial score (nSPS) is 14.0. The van der Waals surface area contributed by atoms with Crippen molar-refractivity contribution in [2.75, 3.05) is 16.8 Å². The number of benzene rings is 2. The quantitative estimate of drug-likeness (QED) is 0.507. The van der Waals surface area contributed by atoms with Crippen LogP contribution in [0.5, 0.6) is 0 Å². The maximum atomic E-state index is 12.9. The molecule has 0 saturated carbocycles. The highest BCUT2D eigenvalue weighted by Gasteiger charge is 2.39. The van der Waals surface area contributed by atoms with Gasteiger partial charge in [-0.15, -0.1) is 0 Å². The maximum Gasteiger partial charge on any atom is 0.338 e. The van der Waals surface area contributed by atoms with Gasteiger partial charge in [0.1, 0.15) is 10.7 Å². The molecule has 0 aromatic heterocycles. The molecule has 2 aromatic carbocycles. The lowest BCUT2D eigenvalue weighted by Crippen LogP contribution is -2.32. The summed E-state index contributed by atoms with van der Waals surface area (Å²) in [5.74, 6) is -1.28. The van der Waals surface area contributed by atoms with Crippen LogP contribution in [-0.4, -0.2) is 24.4 Å². The van der Waals surface area contributed by atoms with Crippen molar-refractivity contribution >= 4 is 40.8 Å². The van der Waals surface area contributed by atoms with Crippen LogP contribution in [0.25, 0.3) is 0 Å². The molecule has 156 valence electrons. The molecule has 0 aliphatic carbocycles. The number of halogens is 1. The van der Waals surface area contributed by atoms with E-state index < -0.39 is 17.8 Å². The number of carbonyl (C=O) groups is 3. The zero-order valence-corrected chi connectivity index (χ0v) is 17.8. The molecular weight excluding hydrogens is 404 g/mol. The Labute approximate surface area is 180 Å². The topological polar surface area (TPSA) is 75.7 Å². The highest BCUT2D eigenvalue weighted by molar-refractivity contribution is 6.53. The molecule has 0 spiro atoms. The van der Waals surface area contributed by atoms with Crippen LogP contribution in [0.1, 0.15) is 49.0 Å². The van der Waals surface area contributed by atoms with Gasteiger partial charge in [0, 0.05) is 5.69 Å². The number of imide groups is 1. The number of nitrogens with zero attached hydrogens (tertiary/aromatic N) is 1. The molecule has 0 atom stereocenters. The van der Waals surface area contributed by atoms with E-state index in [1.807, 2.05) is 19.1 Å². The number of rotatable bonds is 7.